The van der Waals surface area contributed by atoms with Gasteiger partial charge in [0.25, 0.3) is 10.0 Å². The lowest BCUT2D eigenvalue weighted by atomic mass is 10.0. The summed E-state index contributed by atoms with van der Waals surface area (Å²) in [4.78, 5) is 30.1. The Kier molecular flexibility index (Phi) is 11.2. The number of carbonyl (C=O) groups is 2. The van der Waals surface area contributed by atoms with Crippen molar-refractivity contribution in [1.82, 2.24) is 10.2 Å². The van der Waals surface area contributed by atoms with E-state index in [2.05, 4.69) is 5.32 Å². The molecule has 0 aliphatic carbocycles. The van der Waals surface area contributed by atoms with Gasteiger partial charge in [-0.1, -0.05) is 83.9 Å². The van der Waals surface area contributed by atoms with Crippen molar-refractivity contribution in [2.45, 2.75) is 64.1 Å². The maximum atomic E-state index is 14.7. The third-order valence-corrected chi connectivity index (χ3v) is 9.76. The molecule has 0 spiro atoms. The molecule has 0 saturated carbocycles. The van der Waals surface area contributed by atoms with Gasteiger partial charge in [-0.25, -0.2) is 8.42 Å². The van der Waals surface area contributed by atoms with E-state index in [1.165, 1.54) is 17.0 Å². The fourth-order valence-corrected chi connectivity index (χ4v) is 7.14. The first-order chi connectivity index (χ1) is 21.7. The SMILES string of the molecule is Cc1cc(C)cc(N(CC(=O)N(Cc2c(Cl)cccc2Cl)[C@@H](Cc2ccccc2)C(=O)NC(C)(C)C)S(=O)(=O)c2ccccc2)c1. The van der Waals surface area contributed by atoms with Gasteiger partial charge in [0.2, 0.25) is 11.8 Å². The number of rotatable bonds is 11. The van der Waals surface area contributed by atoms with Gasteiger partial charge in [0, 0.05) is 34.1 Å². The molecule has 4 aromatic carbocycles. The Bertz CT molecular complexity index is 1750. The molecule has 2 amide bonds. The summed E-state index contributed by atoms with van der Waals surface area (Å²) in [7, 11) is -4.21. The molecule has 0 bridgehead atoms. The molecular formula is C36H39Cl2N3O4S. The van der Waals surface area contributed by atoms with Crippen LogP contribution in [0.3, 0.4) is 0 Å². The Morgan fingerprint density at radius 3 is 1.89 bits per heavy atom. The molecular weight excluding hydrogens is 641 g/mol. The van der Waals surface area contributed by atoms with E-state index >= 15 is 0 Å². The van der Waals surface area contributed by atoms with Crippen LogP contribution >= 0.6 is 23.2 Å². The molecule has 4 rings (SSSR count). The molecule has 0 fully saturated rings. The lowest BCUT2D eigenvalue weighted by Gasteiger charge is -2.35. The molecule has 0 heterocycles. The molecule has 46 heavy (non-hydrogen) atoms. The second-order valence-electron chi connectivity index (χ2n) is 12.3. The number of halogens is 2. The first-order valence-corrected chi connectivity index (χ1v) is 17.1. The second kappa shape index (κ2) is 14.7. The summed E-state index contributed by atoms with van der Waals surface area (Å²) in [6.07, 6.45) is 0.172. The standard InChI is InChI=1S/C36H39Cl2N3O4S/c1-25-19-26(2)21-28(20-25)41(46(44,45)29-15-10-7-11-16-29)24-34(42)40(23-30-31(37)17-12-18-32(30)38)33(35(43)39-36(3,4)5)22-27-13-8-6-9-14-27/h6-21,33H,22-24H2,1-5H3,(H,39,43)/t33-/m0/s1. The molecule has 1 atom stereocenters. The number of amides is 2. The quantitative estimate of drug-likeness (QED) is 0.179. The van der Waals surface area contributed by atoms with Crippen molar-refractivity contribution in [3.63, 3.8) is 0 Å². The van der Waals surface area contributed by atoms with Gasteiger partial charge in [-0.15, -0.1) is 0 Å². The van der Waals surface area contributed by atoms with Gasteiger partial charge in [0.05, 0.1) is 10.6 Å². The molecule has 1 N–H and O–H groups in total. The minimum atomic E-state index is -4.21. The first-order valence-electron chi connectivity index (χ1n) is 14.9. The van der Waals surface area contributed by atoms with Crippen LogP contribution in [0.25, 0.3) is 0 Å². The monoisotopic (exact) mass is 679 g/mol. The van der Waals surface area contributed by atoms with Crippen molar-refractivity contribution in [3.05, 3.63) is 129 Å². The summed E-state index contributed by atoms with van der Waals surface area (Å²) in [6, 6.07) is 26.7. The number of benzene rings is 4. The van der Waals surface area contributed by atoms with Gasteiger partial charge in [-0.2, -0.15) is 0 Å². The van der Waals surface area contributed by atoms with Crippen molar-refractivity contribution in [1.29, 1.82) is 0 Å². The predicted octanol–water partition coefficient (Wildman–Crippen LogP) is 7.36. The van der Waals surface area contributed by atoms with Crippen molar-refractivity contribution < 1.29 is 18.0 Å². The van der Waals surface area contributed by atoms with Crippen molar-refractivity contribution in [3.8, 4) is 0 Å². The Labute approximate surface area is 282 Å². The minimum Gasteiger partial charge on any atom is -0.350 e. The van der Waals surface area contributed by atoms with Gasteiger partial charge in [0.1, 0.15) is 12.6 Å². The molecule has 242 valence electrons. The molecule has 4 aromatic rings. The highest BCUT2D eigenvalue weighted by atomic mass is 35.5. The van der Waals surface area contributed by atoms with Crippen LogP contribution in [0.4, 0.5) is 5.69 Å². The third kappa shape index (κ3) is 8.90. The third-order valence-electron chi connectivity index (χ3n) is 7.26. The first kappa shape index (κ1) is 35.0. The molecule has 0 aliphatic heterocycles. The molecule has 0 aromatic heterocycles. The summed E-state index contributed by atoms with van der Waals surface area (Å²) in [6.45, 7) is 8.60. The van der Waals surface area contributed by atoms with Crippen LogP contribution in [0.5, 0.6) is 0 Å². The van der Waals surface area contributed by atoms with Crippen molar-refractivity contribution in [2.24, 2.45) is 0 Å². The van der Waals surface area contributed by atoms with Gasteiger partial charge in [-0.3, -0.25) is 13.9 Å². The minimum absolute atomic E-state index is 0.0361. The number of nitrogens with zero attached hydrogens (tertiary/aromatic N) is 2. The predicted molar refractivity (Wildman–Crippen MR) is 186 cm³/mol. The van der Waals surface area contributed by atoms with Gasteiger partial charge in [0.15, 0.2) is 0 Å². The zero-order chi connectivity index (χ0) is 33.6. The number of aryl methyl sites for hydroxylation is 2. The smallest absolute Gasteiger partial charge is 0.264 e. The summed E-state index contributed by atoms with van der Waals surface area (Å²) in [5.41, 5.74) is 2.67. The van der Waals surface area contributed by atoms with Gasteiger partial charge >= 0.3 is 0 Å². The van der Waals surface area contributed by atoms with Crippen LogP contribution < -0.4 is 9.62 Å². The summed E-state index contributed by atoms with van der Waals surface area (Å²) >= 11 is 13.2. The Balaban J connectivity index is 1.87. The largest absolute Gasteiger partial charge is 0.350 e. The van der Waals surface area contributed by atoms with Crippen LogP contribution in [-0.2, 0) is 32.6 Å². The fourth-order valence-electron chi connectivity index (χ4n) is 5.20. The van der Waals surface area contributed by atoms with Crippen LogP contribution in [0, 0.1) is 13.8 Å². The van der Waals surface area contributed by atoms with E-state index in [4.69, 9.17) is 23.2 Å². The number of sulfonamides is 1. The Morgan fingerprint density at radius 1 is 0.804 bits per heavy atom. The second-order valence-corrected chi connectivity index (χ2v) is 15.0. The lowest BCUT2D eigenvalue weighted by Crippen LogP contribution is -2.56. The summed E-state index contributed by atoms with van der Waals surface area (Å²) in [5, 5.41) is 3.66. The van der Waals surface area contributed by atoms with E-state index in [-0.39, 0.29) is 17.9 Å². The van der Waals surface area contributed by atoms with E-state index < -0.39 is 40.0 Å². The highest BCUT2D eigenvalue weighted by Crippen LogP contribution is 2.30. The number of anilines is 1. The molecule has 0 saturated heterocycles. The molecule has 0 radical (unpaired) electrons. The Hall–Kier alpha value is -3.85. The van der Waals surface area contributed by atoms with Crippen LogP contribution in [0.15, 0.2) is 102 Å². The molecule has 0 unspecified atom stereocenters. The molecule has 0 aliphatic rings. The average molecular weight is 681 g/mol. The Morgan fingerprint density at radius 2 is 1.35 bits per heavy atom. The summed E-state index contributed by atoms with van der Waals surface area (Å²) < 4.78 is 29.5. The van der Waals surface area contributed by atoms with E-state index in [1.54, 1.807) is 48.5 Å². The summed E-state index contributed by atoms with van der Waals surface area (Å²) in [5.74, 6) is -0.989. The van der Waals surface area contributed by atoms with E-state index in [0.29, 0.717) is 21.3 Å². The van der Waals surface area contributed by atoms with Gasteiger partial charge in [-0.05, 0) is 87.7 Å². The van der Waals surface area contributed by atoms with Gasteiger partial charge < -0.3 is 10.2 Å². The maximum absolute atomic E-state index is 14.7. The fraction of sp³-hybridized carbons (Fsp3) is 0.278. The number of nitrogens with one attached hydrogen (secondary N) is 1. The maximum Gasteiger partial charge on any atom is 0.264 e. The van der Waals surface area contributed by atoms with Crippen LogP contribution in [-0.4, -0.2) is 43.3 Å². The normalized spacial score (nSPS) is 12.3. The van der Waals surface area contributed by atoms with Crippen molar-refractivity contribution in [2.75, 3.05) is 10.8 Å². The van der Waals surface area contributed by atoms with E-state index in [1.807, 2.05) is 71.0 Å². The zero-order valence-corrected chi connectivity index (χ0v) is 29.0. The number of hydrogen-bond donors (Lipinski definition) is 1. The van der Waals surface area contributed by atoms with Crippen molar-refractivity contribution >= 4 is 50.7 Å². The van der Waals surface area contributed by atoms with Crippen LogP contribution in [0.1, 0.15) is 43.0 Å². The molecule has 7 nitrogen and oxygen atoms in total. The molecule has 10 heteroatoms. The zero-order valence-electron chi connectivity index (χ0n) is 26.6. The average Bonchev–Trinajstić information content (AvgIpc) is 2.98. The van der Waals surface area contributed by atoms with E-state index in [9.17, 15) is 18.0 Å². The highest BCUT2D eigenvalue weighted by molar-refractivity contribution is 7.92. The van der Waals surface area contributed by atoms with E-state index in [0.717, 1.165) is 21.0 Å². The number of carbonyl (C=O) groups excluding carboxylic acids is 2. The lowest BCUT2D eigenvalue weighted by molar-refractivity contribution is -0.140. The number of hydrogen-bond acceptors (Lipinski definition) is 4. The van der Waals surface area contributed by atoms with Crippen LogP contribution in [0.2, 0.25) is 10.0 Å². The topological polar surface area (TPSA) is 86.8 Å². The highest BCUT2D eigenvalue weighted by Gasteiger charge is 2.36.